The third-order valence-electron chi connectivity index (χ3n) is 5.47. The Morgan fingerprint density at radius 2 is 1.66 bits per heavy atom. The molecule has 32 heavy (non-hydrogen) atoms. The second-order valence-corrected chi connectivity index (χ2v) is 9.52. The number of hydrogen-bond acceptors (Lipinski definition) is 4. The Kier molecular flexibility index (Phi) is 11.0. The molecule has 4 nitrogen and oxygen atoms in total. The van der Waals surface area contributed by atoms with Crippen LogP contribution < -0.4 is 4.74 Å². The van der Waals surface area contributed by atoms with E-state index in [2.05, 4.69) is 6.92 Å². The molecule has 0 aliphatic heterocycles. The van der Waals surface area contributed by atoms with E-state index in [1.54, 1.807) is 30.4 Å². The van der Waals surface area contributed by atoms with Crippen LogP contribution in [-0.4, -0.2) is 17.0 Å². The van der Waals surface area contributed by atoms with Gasteiger partial charge in [0.05, 0.1) is 0 Å². The van der Waals surface area contributed by atoms with Gasteiger partial charge in [-0.1, -0.05) is 101 Å². The van der Waals surface area contributed by atoms with Gasteiger partial charge in [0, 0.05) is 6.42 Å². The number of unbranched alkanes of at least 4 members (excludes halogenated alkanes) is 6. The molecular formula is C27H37ClO4. The molecule has 2 rings (SSSR count). The average Bonchev–Trinajstić information content (AvgIpc) is 2.73. The zero-order valence-electron chi connectivity index (χ0n) is 19.6. The monoisotopic (exact) mass is 460 g/mol. The molecule has 2 unspecified atom stereocenters. The lowest BCUT2D eigenvalue weighted by atomic mass is 9.96. The van der Waals surface area contributed by atoms with Crippen molar-refractivity contribution < 1.29 is 19.1 Å². The maximum Gasteiger partial charge on any atom is 0.324 e. The smallest absolute Gasteiger partial charge is 0.324 e. The van der Waals surface area contributed by atoms with Gasteiger partial charge in [-0.05, 0) is 42.5 Å². The fraction of sp³-hybridized carbons (Fsp3) is 0.556. The Morgan fingerprint density at radius 1 is 1.00 bits per heavy atom. The van der Waals surface area contributed by atoms with Gasteiger partial charge in [-0.25, -0.2) is 0 Å². The van der Waals surface area contributed by atoms with Gasteiger partial charge in [0.15, 0.2) is 0 Å². The van der Waals surface area contributed by atoms with Crippen LogP contribution in [0, 0.1) is 11.8 Å². The van der Waals surface area contributed by atoms with E-state index in [4.69, 9.17) is 21.1 Å². The summed E-state index contributed by atoms with van der Waals surface area (Å²) in [5, 5.41) is -1.57. The topological polar surface area (TPSA) is 52.6 Å². The zero-order chi connectivity index (χ0) is 23.4. The molecule has 0 radical (unpaired) electrons. The number of carbonyl (C=O) groups excluding carboxylic acids is 2. The minimum absolute atomic E-state index is 0.135. The first kappa shape index (κ1) is 26.2. The molecule has 0 saturated heterocycles. The van der Waals surface area contributed by atoms with Crippen LogP contribution in [0.4, 0.5) is 0 Å². The van der Waals surface area contributed by atoms with Gasteiger partial charge in [0.2, 0.25) is 5.06 Å². The Hall–Kier alpha value is -2.07. The highest BCUT2D eigenvalue weighted by atomic mass is 35.5. The summed E-state index contributed by atoms with van der Waals surface area (Å²) < 4.78 is 11.0. The number of alkyl halides is 1. The van der Waals surface area contributed by atoms with Gasteiger partial charge in [0.25, 0.3) is 0 Å². The molecule has 1 aliphatic rings. The van der Waals surface area contributed by atoms with Gasteiger partial charge in [-0.2, -0.15) is 0 Å². The van der Waals surface area contributed by atoms with Crippen LogP contribution in [0.3, 0.4) is 0 Å². The van der Waals surface area contributed by atoms with E-state index in [9.17, 15) is 9.59 Å². The molecule has 1 aromatic carbocycles. The highest BCUT2D eigenvalue weighted by Gasteiger charge is 2.44. The number of carbonyl (C=O) groups is 2. The van der Waals surface area contributed by atoms with Crippen molar-refractivity contribution in [3.63, 3.8) is 0 Å². The predicted octanol–water partition coefficient (Wildman–Crippen LogP) is 7.15. The van der Waals surface area contributed by atoms with Crippen molar-refractivity contribution in [2.24, 2.45) is 11.8 Å². The first-order valence-electron chi connectivity index (χ1n) is 11.9. The predicted molar refractivity (Wildman–Crippen MR) is 130 cm³/mol. The molecule has 1 aromatic rings. The second kappa shape index (κ2) is 13.5. The van der Waals surface area contributed by atoms with Crippen molar-refractivity contribution in [3.05, 3.63) is 54.1 Å². The highest BCUT2D eigenvalue weighted by Crippen LogP contribution is 2.35. The lowest BCUT2D eigenvalue weighted by molar-refractivity contribution is -0.156. The van der Waals surface area contributed by atoms with Crippen molar-refractivity contribution >= 4 is 23.5 Å². The lowest BCUT2D eigenvalue weighted by Gasteiger charge is -2.31. The van der Waals surface area contributed by atoms with Crippen molar-refractivity contribution in [2.45, 2.75) is 83.6 Å². The minimum atomic E-state index is -1.57. The summed E-state index contributed by atoms with van der Waals surface area (Å²) in [4.78, 5) is 25.0. The Morgan fingerprint density at radius 3 is 2.31 bits per heavy atom. The Bertz CT molecular complexity index is 781. The number of halogens is 1. The van der Waals surface area contributed by atoms with Crippen molar-refractivity contribution in [3.8, 4) is 5.75 Å². The SMILES string of the molecule is CCCCCCCCCc1ccc(OC(=O)C2C=CC=CC2(Cl)OC(=O)CC(C)C)cc1. The molecule has 0 spiro atoms. The summed E-state index contributed by atoms with van der Waals surface area (Å²) >= 11 is 6.53. The van der Waals surface area contributed by atoms with Gasteiger partial charge in [-0.15, -0.1) is 0 Å². The Balaban J connectivity index is 1.86. The molecule has 0 N–H and O–H groups in total. The van der Waals surface area contributed by atoms with E-state index in [1.165, 1.54) is 56.6 Å². The molecule has 0 saturated carbocycles. The van der Waals surface area contributed by atoms with Gasteiger partial charge in [-0.3, -0.25) is 9.59 Å². The largest absolute Gasteiger partial charge is 0.438 e. The molecule has 2 atom stereocenters. The van der Waals surface area contributed by atoms with Gasteiger partial charge in [0.1, 0.15) is 11.7 Å². The molecule has 0 heterocycles. The van der Waals surface area contributed by atoms with Crippen LogP contribution in [0.2, 0.25) is 0 Å². The quantitative estimate of drug-likeness (QED) is 0.136. The van der Waals surface area contributed by atoms with Gasteiger partial charge < -0.3 is 9.47 Å². The Labute approximate surface area is 198 Å². The number of esters is 2. The standard InChI is InChI=1S/C27H37ClO4/c1-4-5-6-7-8-9-10-13-22-15-17-23(18-16-22)31-26(30)24-14-11-12-19-27(24,28)32-25(29)20-21(2)3/h11-12,14-19,21,24H,4-10,13,20H2,1-3H3. The molecule has 5 heteroatoms. The highest BCUT2D eigenvalue weighted by molar-refractivity contribution is 6.26. The van der Waals surface area contributed by atoms with Crippen LogP contribution in [-0.2, 0) is 20.7 Å². The number of rotatable bonds is 13. The number of benzene rings is 1. The lowest BCUT2D eigenvalue weighted by Crippen LogP contribution is -2.42. The van der Waals surface area contributed by atoms with E-state index in [-0.39, 0.29) is 12.3 Å². The fourth-order valence-electron chi connectivity index (χ4n) is 3.67. The van der Waals surface area contributed by atoms with Crippen LogP contribution in [0.15, 0.2) is 48.6 Å². The van der Waals surface area contributed by atoms with E-state index in [0.29, 0.717) is 5.75 Å². The fourth-order valence-corrected chi connectivity index (χ4v) is 3.99. The molecular weight excluding hydrogens is 424 g/mol. The molecule has 0 fully saturated rings. The summed E-state index contributed by atoms with van der Waals surface area (Å²) in [6.07, 6.45) is 16.7. The third-order valence-corrected chi connectivity index (χ3v) is 5.91. The van der Waals surface area contributed by atoms with Crippen molar-refractivity contribution in [2.75, 3.05) is 0 Å². The summed E-state index contributed by atoms with van der Waals surface area (Å²) in [5.74, 6) is -1.33. The molecule has 176 valence electrons. The number of aryl methyl sites for hydroxylation is 1. The first-order valence-corrected chi connectivity index (χ1v) is 12.3. The van der Waals surface area contributed by atoms with E-state index >= 15 is 0 Å². The molecule has 0 bridgehead atoms. The van der Waals surface area contributed by atoms with Crippen LogP contribution in [0.5, 0.6) is 5.75 Å². The molecule has 0 aromatic heterocycles. The normalized spacial score (nSPS) is 19.8. The van der Waals surface area contributed by atoms with Crippen molar-refractivity contribution in [1.82, 2.24) is 0 Å². The number of allylic oxidation sites excluding steroid dienone is 2. The van der Waals surface area contributed by atoms with Crippen molar-refractivity contribution in [1.29, 1.82) is 0 Å². The average molecular weight is 461 g/mol. The summed E-state index contributed by atoms with van der Waals surface area (Å²) in [6, 6.07) is 7.59. The second-order valence-electron chi connectivity index (χ2n) is 8.93. The van der Waals surface area contributed by atoms with Crippen LogP contribution in [0.25, 0.3) is 0 Å². The molecule has 0 amide bonds. The summed E-state index contributed by atoms with van der Waals surface area (Å²) in [7, 11) is 0. The minimum Gasteiger partial charge on any atom is -0.438 e. The molecule has 1 aliphatic carbocycles. The summed E-state index contributed by atoms with van der Waals surface area (Å²) in [5.41, 5.74) is 1.23. The number of ether oxygens (including phenoxy) is 2. The summed E-state index contributed by atoms with van der Waals surface area (Å²) in [6.45, 7) is 6.07. The zero-order valence-corrected chi connectivity index (χ0v) is 20.4. The van der Waals surface area contributed by atoms with E-state index in [0.717, 1.165) is 6.42 Å². The van der Waals surface area contributed by atoms with Crippen LogP contribution in [0.1, 0.15) is 77.7 Å². The first-order chi connectivity index (χ1) is 15.3. The van der Waals surface area contributed by atoms with E-state index in [1.807, 2.05) is 26.0 Å². The third kappa shape index (κ3) is 8.82. The van der Waals surface area contributed by atoms with Gasteiger partial charge >= 0.3 is 11.9 Å². The maximum atomic E-state index is 12.8. The maximum absolute atomic E-state index is 12.8. The number of hydrogen-bond donors (Lipinski definition) is 0. The van der Waals surface area contributed by atoms with E-state index < -0.39 is 22.9 Å². The van der Waals surface area contributed by atoms with Crippen LogP contribution >= 0.6 is 11.6 Å².